The van der Waals surface area contributed by atoms with E-state index in [-0.39, 0.29) is 11.8 Å². The van der Waals surface area contributed by atoms with Gasteiger partial charge in [-0.3, -0.25) is 4.79 Å². The Morgan fingerprint density at radius 3 is 3.06 bits per heavy atom. The van der Waals surface area contributed by atoms with E-state index in [2.05, 4.69) is 10.3 Å². The van der Waals surface area contributed by atoms with E-state index in [9.17, 15) is 4.79 Å². The summed E-state index contributed by atoms with van der Waals surface area (Å²) in [4.78, 5) is 15.6. The number of pyridine rings is 1. The van der Waals surface area contributed by atoms with Gasteiger partial charge in [-0.05, 0) is 18.6 Å². The van der Waals surface area contributed by atoms with Gasteiger partial charge in [0.05, 0.1) is 24.4 Å². The average molecular weight is 217 g/mol. The van der Waals surface area contributed by atoms with Gasteiger partial charge in [0.2, 0.25) is 5.91 Å². The predicted molar refractivity (Wildman–Crippen MR) is 56.5 cm³/mol. The number of aromatic nitrogens is 1. The molecule has 16 heavy (non-hydrogen) atoms. The molecule has 0 aromatic carbocycles. The van der Waals surface area contributed by atoms with Crippen LogP contribution in [0, 0.1) is 17.2 Å². The molecule has 1 aliphatic rings. The van der Waals surface area contributed by atoms with E-state index in [1.807, 2.05) is 6.07 Å². The van der Waals surface area contributed by atoms with Gasteiger partial charge in [0, 0.05) is 6.61 Å². The van der Waals surface area contributed by atoms with Crippen LogP contribution < -0.4 is 5.32 Å². The number of amides is 1. The van der Waals surface area contributed by atoms with Crippen molar-refractivity contribution in [3.8, 4) is 6.07 Å². The number of rotatable bonds is 2. The second-order valence-corrected chi connectivity index (χ2v) is 3.59. The van der Waals surface area contributed by atoms with Gasteiger partial charge in [0.1, 0.15) is 11.8 Å². The quantitative estimate of drug-likeness (QED) is 0.799. The zero-order valence-electron chi connectivity index (χ0n) is 8.64. The van der Waals surface area contributed by atoms with E-state index in [0.29, 0.717) is 24.6 Å². The summed E-state index contributed by atoms with van der Waals surface area (Å²) in [6.07, 6.45) is 2.24. The third-order valence-corrected chi connectivity index (χ3v) is 2.45. The van der Waals surface area contributed by atoms with Gasteiger partial charge >= 0.3 is 0 Å². The standard InChI is InChI=1S/C11H11N3O2/c12-5-9-1-2-10(6-13-9)14-11(15)8-3-4-16-7-8/h1-2,6,8H,3-4,7H2,(H,14,15). The summed E-state index contributed by atoms with van der Waals surface area (Å²) in [5.41, 5.74) is 0.943. The molecule has 0 saturated carbocycles. The lowest BCUT2D eigenvalue weighted by Gasteiger charge is -2.08. The van der Waals surface area contributed by atoms with Gasteiger partial charge in [-0.25, -0.2) is 4.98 Å². The van der Waals surface area contributed by atoms with Crippen molar-refractivity contribution in [3.63, 3.8) is 0 Å². The molecule has 0 radical (unpaired) electrons. The lowest BCUT2D eigenvalue weighted by molar-refractivity contribution is -0.119. The molecule has 82 valence electrons. The first-order chi connectivity index (χ1) is 7.79. The van der Waals surface area contributed by atoms with Crippen LogP contribution in [0.2, 0.25) is 0 Å². The molecular formula is C11H11N3O2. The molecule has 1 fully saturated rings. The van der Waals surface area contributed by atoms with Crippen molar-refractivity contribution in [2.24, 2.45) is 5.92 Å². The number of nitriles is 1. The Hall–Kier alpha value is -1.93. The Kier molecular flexibility index (Phi) is 3.13. The topological polar surface area (TPSA) is 75.0 Å². The van der Waals surface area contributed by atoms with Crippen molar-refractivity contribution in [2.75, 3.05) is 18.5 Å². The highest BCUT2D eigenvalue weighted by atomic mass is 16.5. The van der Waals surface area contributed by atoms with E-state index in [1.165, 1.54) is 6.20 Å². The van der Waals surface area contributed by atoms with Gasteiger partial charge in [-0.1, -0.05) is 0 Å². The maximum absolute atomic E-state index is 11.7. The SMILES string of the molecule is N#Cc1ccc(NC(=O)C2CCOC2)cn1. The summed E-state index contributed by atoms with van der Waals surface area (Å²) < 4.78 is 5.13. The second-order valence-electron chi connectivity index (χ2n) is 3.59. The number of nitrogens with zero attached hydrogens (tertiary/aromatic N) is 2. The monoisotopic (exact) mass is 217 g/mol. The highest BCUT2D eigenvalue weighted by Gasteiger charge is 2.23. The largest absolute Gasteiger partial charge is 0.381 e. The third kappa shape index (κ3) is 2.35. The molecule has 0 bridgehead atoms. The summed E-state index contributed by atoms with van der Waals surface area (Å²) in [5, 5.41) is 11.3. The molecule has 5 nitrogen and oxygen atoms in total. The van der Waals surface area contributed by atoms with Crippen molar-refractivity contribution in [1.29, 1.82) is 5.26 Å². The fourth-order valence-electron chi connectivity index (χ4n) is 1.52. The fraction of sp³-hybridized carbons (Fsp3) is 0.364. The summed E-state index contributed by atoms with van der Waals surface area (Å²) in [6, 6.07) is 5.15. The molecule has 2 rings (SSSR count). The summed E-state index contributed by atoms with van der Waals surface area (Å²) in [6.45, 7) is 1.12. The van der Waals surface area contributed by atoms with E-state index in [0.717, 1.165) is 6.42 Å². The van der Waals surface area contributed by atoms with Gasteiger partial charge in [0.25, 0.3) is 0 Å². The van der Waals surface area contributed by atoms with Crippen molar-refractivity contribution >= 4 is 11.6 Å². The first kappa shape index (κ1) is 10.6. The maximum Gasteiger partial charge on any atom is 0.229 e. The molecule has 1 atom stereocenters. The van der Waals surface area contributed by atoms with Crippen LogP contribution in [0.25, 0.3) is 0 Å². The Morgan fingerprint density at radius 2 is 2.50 bits per heavy atom. The normalized spacial score (nSPS) is 19.1. The van der Waals surface area contributed by atoms with Crippen LogP contribution in [0.1, 0.15) is 12.1 Å². The minimum Gasteiger partial charge on any atom is -0.381 e. The van der Waals surface area contributed by atoms with Gasteiger partial charge in [0.15, 0.2) is 0 Å². The molecule has 0 spiro atoms. The zero-order valence-corrected chi connectivity index (χ0v) is 8.64. The number of hydrogen-bond donors (Lipinski definition) is 1. The smallest absolute Gasteiger partial charge is 0.229 e. The molecule has 0 aliphatic carbocycles. The van der Waals surface area contributed by atoms with E-state index >= 15 is 0 Å². The van der Waals surface area contributed by atoms with Crippen molar-refractivity contribution in [2.45, 2.75) is 6.42 Å². The number of anilines is 1. The molecule has 5 heteroatoms. The van der Waals surface area contributed by atoms with Crippen LogP contribution in [0.3, 0.4) is 0 Å². The van der Waals surface area contributed by atoms with Gasteiger partial charge < -0.3 is 10.1 Å². The zero-order chi connectivity index (χ0) is 11.4. The number of ether oxygens (including phenoxy) is 1. The number of carbonyl (C=O) groups excluding carboxylic acids is 1. The van der Waals surface area contributed by atoms with Gasteiger partial charge in [-0.15, -0.1) is 0 Å². The van der Waals surface area contributed by atoms with Crippen LogP contribution in [0.15, 0.2) is 18.3 Å². The van der Waals surface area contributed by atoms with E-state index in [4.69, 9.17) is 10.00 Å². The van der Waals surface area contributed by atoms with Crippen molar-refractivity contribution < 1.29 is 9.53 Å². The summed E-state index contributed by atoms with van der Waals surface area (Å²) in [5.74, 6) is -0.125. The molecule has 1 aromatic heterocycles. The van der Waals surface area contributed by atoms with Crippen LogP contribution in [-0.4, -0.2) is 24.1 Å². The van der Waals surface area contributed by atoms with Crippen LogP contribution in [-0.2, 0) is 9.53 Å². The molecule has 1 N–H and O–H groups in total. The van der Waals surface area contributed by atoms with Crippen molar-refractivity contribution in [3.05, 3.63) is 24.0 Å². The first-order valence-corrected chi connectivity index (χ1v) is 5.04. The highest BCUT2D eigenvalue weighted by molar-refractivity contribution is 5.92. The lowest BCUT2D eigenvalue weighted by Crippen LogP contribution is -2.22. The molecule has 1 aliphatic heterocycles. The molecule has 1 unspecified atom stereocenters. The molecule has 1 saturated heterocycles. The summed E-state index contributed by atoms with van der Waals surface area (Å²) in [7, 11) is 0. The van der Waals surface area contributed by atoms with Crippen LogP contribution in [0.5, 0.6) is 0 Å². The summed E-state index contributed by atoms with van der Waals surface area (Å²) >= 11 is 0. The Morgan fingerprint density at radius 1 is 1.62 bits per heavy atom. The Bertz CT molecular complexity index is 416. The predicted octanol–water partition coefficient (Wildman–Crippen LogP) is 0.928. The molecular weight excluding hydrogens is 206 g/mol. The van der Waals surface area contributed by atoms with E-state index in [1.54, 1.807) is 12.1 Å². The fourth-order valence-corrected chi connectivity index (χ4v) is 1.52. The Balaban J connectivity index is 1.98. The Labute approximate surface area is 93.1 Å². The lowest BCUT2D eigenvalue weighted by atomic mass is 10.1. The van der Waals surface area contributed by atoms with Gasteiger partial charge in [-0.2, -0.15) is 5.26 Å². The maximum atomic E-state index is 11.7. The number of carbonyl (C=O) groups is 1. The molecule has 2 heterocycles. The minimum atomic E-state index is -0.0735. The van der Waals surface area contributed by atoms with E-state index < -0.39 is 0 Å². The number of nitrogens with one attached hydrogen (secondary N) is 1. The minimum absolute atomic E-state index is 0.0518. The molecule has 1 aromatic rings. The van der Waals surface area contributed by atoms with Crippen LogP contribution >= 0.6 is 0 Å². The average Bonchev–Trinajstić information content (AvgIpc) is 2.83. The molecule has 1 amide bonds. The first-order valence-electron chi connectivity index (χ1n) is 5.04. The van der Waals surface area contributed by atoms with Crippen molar-refractivity contribution in [1.82, 2.24) is 4.98 Å². The number of hydrogen-bond acceptors (Lipinski definition) is 4. The van der Waals surface area contributed by atoms with Crippen LogP contribution in [0.4, 0.5) is 5.69 Å². The highest BCUT2D eigenvalue weighted by Crippen LogP contribution is 2.15. The third-order valence-electron chi connectivity index (χ3n) is 2.45. The second kappa shape index (κ2) is 4.73.